The smallest absolute Gasteiger partial charge is 0.270 e. The highest BCUT2D eigenvalue weighted by Crippen LogP contribution is 2.43. The van der Waals surface area contributed by atoms with Gasteiger partial charge in [-0.2, -0.15) is 0 Å². The van der Waals surface area contributed by atoms with Crippen LogP contribution in [0.15, 0.2) is 42.5 Å². The Hall–Kier alpha value is -2.82. The first-order chi connectivity index (χ1) is 10.2. The van der Waals surface area contributed by atoms with Gasteiger partial charge in [-0.15, -0.1) is 0 Å². The minimum absolute atomic E-state index is 0.0261. The molecule has 0 unspecified atom stereocenters. The van der Waals surface area contributed by atoms with Crippen LogP contribution >= 0.6 is 0 Å². The van der Waals surface area contributed by atoms with Gasteiger partial charge in [-0.3, -0.25) is 10.1 Å². The van der Waals surface area contributed by atoms with E-state index < -0.39 is 4.92 Å². The summed E-state index contributed by atoms with van der Waals surface area (Å²) in [7, 11) is 3.15. The SMILES string of the molecule is COc1c2ccccc2c(OC)c2cc([N+](=O)[O-])ccc12. The number of nitro benzene ring substituents is 1. The molecule has 0 N–H and O–H groups in total. The molecule has 0 radical (unpaired) electrons. The van der Waals surface area contributed by atoms with Crippen molar-refractivity contribution in [3.8, 4) is 11.5 Å². The van der Waals surface area contributed by atoms with Gasteiger partial charge in [0.05, 0.1) is 19.1 Å². The van der Waals surface area contributed by atoms with Crippen molar-refractivity contribution in [2.75, 3.05) is 14.2 Å². The van der Waals surface area contributed by atoms with Crippen LogP contribution in [0, 0.1) is 10.1 Å². The van der Waals surface area contributed by atoms with Gasteiger partial charge in [-0.1, -0.05) is 24.3 Å². The van der Waals surface area contributed by atoms with Crippen molar-refractivity contribution in [2.45, 2.75) is 0 Å². The molecule has 0 amide bonds. The van der Waals surface area contributed by atoms with Crippen molar-refractivity contribution < 1.29 is 14.4 Å². The average molecular weight is 283 g/mol. The minimum Gasteiger partial charge on any atom is -0.495 e. The van der Waals surface area contributed by atoms with Crippen molar-refractivity contribution in [1.82, 2.24) is 0 Å². The number of nitro groups is 1. The van der Waals surface area contributed by atoms with Gasteiger partial charge in [0, 0.05) is 33.7 Å². The van der Waals surface area contributed by atoms with E-state index >= 15 is 0 Å². The third kappa shape index (κ3) is 1.94. The van der Waals surface area contributed by atoms with E-state index in [0.717, 1.165) is 16.2 Å². The molecule has 5 nitrogen and oxygen atoms in total. The lowest BCUT2D eigenvalue weighted by Gasteiger charge is -2.14. The largest absolute Gasteiger partial charge is 0.495 e. The maximum Gasteiger partial charge on any atom is 0.270 e. The molecular formula is C16H13NO4. The van der Waals surface area contributed by atoms with Gasteiger partial charge in [0.25, 0.3) is 5.69 Å². The van der Waals surface area contributed by atoms with Gasteiger partial charge < -0.3 is 9.47 Å². The number of nitrogens with zero attached hydrogens (tertiary/aromatic N) is 1. The molecule has 3 rings (SSSR count). The Bertz CT molecular complexity index is 858. The van der Waals surface area contributed by atoms with Crippen LogP contribution in [0.2, 0.25) is 0 Å². The number of hydrogen-bond donors (Lipinski definition) is 0. The van der Waals surface area contributed by atoms with Crippen LogP contribution in [-0.4, -0.2) is 19.1 Å². The predicted molar refractivity (Wildman–Crippen MR) is 81.2 cm³/mol. The molecule has 21 heavy (non-hydrogen) atoms. The molecule has 0 aliphatic rings. The molecule has 0 bridgehead atoms. The summed E-state index contributed by atoms with van der Waals surface area (Å²) in [6.07, 6.45) is 0. The summed E-state index contributed by atoms with van der Waals surface area (Å²) in [5, 5.41) is 14.2. The standard InChI is InChI=1S/C16H13NO4/c1-20-15-11-5-3-4-6-12(11)16(21-2)14-9-10(17(18)19)7-8-13(14)15/h3-9H,1-2H3. The Kier molecular flexibility index (Phi) is 3.10. The quantitative estimate of drug-likeness (QED) is 0.415. The first-order valence-electron chi connectivity index (χ1n) is 6.38. The Morgan fingerprint density at radius 1 is 0.857 bits per heavy atom. The van der Waals surface area contributed by atoms with Crippen molar-refractivity contribution in [3.05, 3.63) is 52.6 Å². The van der Waals surface area contributed by atoms with Gasteiger partial charge in [0.2, 0.25) is 0 Å². The molecule has 0 aliphatic carbocycles. The fourth-order valence-corrected chi connectivity index (χ4v) is 2.64. The summed E-state index contributed by atoms with van der Waals surface area (Å²) in [6, 6.07) is 12.4. The van der Waals surface area contributed by atoms with Crippen LogP contribution in [0.25, 0.3) is 21.5 Å². The van der Waals surface area contributed by atoms with E-state index in [2.05, 4.69) is 0 Å². The number of rotatable bonds is 3. The van der Waals surface area contributed by atoms with Gasteiger partial charge >= 0.3 is 0 Å². The molecule has 0 aliphatic heterocycles. The zero-order chi connectivity index (χ0) is 15.0. The number of ether oxygens (including phenoxy) is 2. The number of benzene rings is 3. The molecule has 5 heteroatoms. The molecule has 0 atom stereocenters. The van der Waals surface area contributed by atoms with E-state index in [0.29, 0.717) is 16.9 Å². The van der Waals surface area contributed by atoms with Gasteiger partial charge in [0.15, 0.2) is 0 Å². The molecule has 3 aromatic rings. The second-order valence-electron chi connectivity index (χ2n) is 4.60. The highest BCUT2D eigenvalue weighted by molar-refractivity contribution is 6.11. The number of hydrogen-bond acceptors (Lipinski definition) is 4. The topological polar surface area (TPSA) is 61.6 Å². The Morgan fingerprint density at radius 3 is 1.90 bits per heavy atom. The highest BCUT2D eigenvalue weighted by Gasteiger charge is 2.17. The van der Waals surface area contributed by atoms with E-state index in [1.807, 2.05) is 24.3 Å². The summed E-state index contributed by atoms with van der Waals surface area (Å²) < 4.78 is 11.0. The number of methoxy groups -OCH3 is 2. The van der Waals surface area contributed by atoms with Crippen molar-refractivity contribution >= 4 is 27.2 Å². The summed E-state index contributed by atoms with van der Waals surface area (Å²) in [6.45, 7) is 0. The first kappa shape index (κ1) is 13.2. The molecule has 0 heterocycles. The molecule has 0 fully saturated rings. The summed E-state index contributed by atoms with van der Waals surface area (Å²) in [4.78, 5) is 10.6. The van der Waals surface area contributed by atoms with Crippen molar-refractivity contribution in [1.29, 1.82) is 0 Å². The van der Waals surface area contributed by atoms with Crippen LogP contribution in [0.1, 0.15) is 0 Å². The normalized spacial score (nSPS) is 10.8. The van der Waals surface area contributed by atoms with Gasteiger partial charge in [-0.25, -0.2) is 0 Å². The molecule has 0 saturated carbocycles. The molecular weight excluding hydrogens is 270 g/mol. The Labute approximate surface area is 120 Å². The highest BCUT2D eigenvalue weighted by atomic mass is 16.6. The molecule has 0 saturated heterocycles. The van der Waals surface area contributed by atoms with Crippen LogP contribution in [0.5, 0.6) is 11.5 Å². The Morgan fingerprint density at radius 2 is 1.38 bits per heavy atom. The Balaban J connectivity index is 2.54. The predicted octanol–water partition coefficient (Wildman–Crippen LogP) is 3.92. The second kappa shape index (κ2) is 4.94. The number of fused-ring (bicyclic) bond motifs is 2. The molecule has 3 aromatic carbocycles. The maximum atomic E-state index is 11.0. The van der Waals surface area contributed by atoms with E-state index in [-0.39, 0.29) is 5.69 Å². The third-order valence-electron chi connectivity index (χ3n) is 3.53. The van der Waals surface area contributed by atoms with E-state index in [1.54, 1.807) is 20.3 Å². The molecule has 0 spiro atoms. The lowest BCUT2D eigenvalue weighted by molar-refractivity contribution is -0.384. The van der Waals surface area contributed by atoms with Crippen molar-refractivity contribution in [2.24, 2.45) is 0 Å². The first-order valence-corrected chi connectivity index (χ1v) is 6.38. The molecule has 106 valence electrons. The lowest BCUT2D eigenvalue weighted by Crippen LogP contribution is -1.94. The van der Waals surface area contributed by atoms with Crippen LogP contribution < -0.4 is 9.47 Å². The van der Waals surface area contributed by atoms with E-state index in [1.165, 1.54) is 12.1 Å². The van der Waals surface area contributed by atoms with Gasteiger partial charge in [-0.05, 0) is 6.07 Å². The monoisotopic (exact) mass is 283 g/mol. The third-order valence-corrected chi connectivity index (χ3v) is 3.53. The van der Waals surface area contributed by atoms with Crippen LogP contribution in [0.3, 0.4) is 0 Å². The summed E-state index contributed by atoms with van der Waals surface area (Å²) in [5.41, 5.74) is 0.0261. The van der Waals surface area contributed by atoms with E-state index in [9.17, 15) is 10.1 Å². The maximum absolute atomic E-state index is 11.0. The summed E-state index contributed by atoms with van der Waals surface area (Å²) in [5.74, 6) is 1.31. The van der Waals surface area contributed by atoms with Crippen LogP contribution in [-0.2, 0) is 0 Å². The van der Waals surface area contributed by atoms with E-state index in [4.69, 9.17) is 9.47 Å². The lowest BCUT2D eigenvalue weighted by atomic mass is 10.00. The summed E-state index contributed by atoms with van der Waals surface area (Å²) >= 11 is 0. The second-order valence-corrected chi connectivity index (χ2v) is 4.60. The fourth-order valence-electron chi connectivity index (χ4n) is 2.64. The zero-order valence-electron chi connectivity index (χ0n) is 11.6. The van der Waals surface area contributed by atoms with Crippen molar-refractivity contribution in [3.63, 3.8) is 0 Å². The minimum atomic E-state index is -0.416. The fraction of sp³-hybridized carbons (Fsp3) is 0.125. The zero-order valence-corrected chi connectivity index (χ0v) is 11.6. The average Bonchev–Trinajstić information content (AvgIpc) is 2.51. The van der Waals surface area contributed by atoms with Crippen LogP contribution in [0.4, 0.5) is 5.69 Å². The van der Waals surface area contributed by atoms with Gasteiger partial charge in [0.1, 0.15) is 11.5 Å². The number of non-ortho nitro benzene ring substituents is 1. The molecule has 0 aromatic heterocycles.